The Bertz CT molecular complexity index is 493. The standard InChI is InChI=1S/C18H34N4OS.HI/c1-7-19-18(20-11-9-8-10-14(2)3)22(5)12-16-13-24-17(21-16)15(4)23-6;/h13-15H,7-12H2,1-6H3,(H,19,20);1H. The molecule has 1 atom stereocenters. The first kappa shape index (κ1) is 24.6. The fourth-order valence-electron chi connectivity index (χ4n) is 2.32. The summed E-state index contributed by atoms with van der Waals surface area (Å²) < 4.78 is 5.33. The van der Waals surface area contributed by atoms with Gasteiger partial charge in [-0.3, -0.25) is 4.99 Å². The molecule has 0 aliphatic rings. The lowest BCUT2D eigenvalue weighted by Gasteiger charge is -2.21. The van der Waals surface area contributed by atoms with Crippen LogP contribution in [0.1, 0.15) is 63.8 Å². The molecule has 25 heavy (non-hydrogen) atoms. The molecule has 0 spiro atoms. The Morgan fingerprint density at radius 3 is 2.68 bits per heavy atom. The maximum Gasteiger partial charge on any atom is 0.194 e. The molecule has 0 aromatic carbocycles. The lowest BCUT2D eigenvalue weighted by molar-refractivity contribution is 0.119. The fraction of sp³-hybridized carbons (Fsp3) is 0.778. The van der Waals surface area contributed by atoms with E-state index >= 15 is 0 Å². The lowest BCUT2D eigenvalue weighted by atomic mass is 10.1. The first-order valence-corrected chi connectivity index (χ1v) is 9.82. The smallest absolute Gasteiger partial charge is 0.194 e. The summed E-state index contributed by atoms with van der Waals surface area (Å²) in [7, 11) is 3.78. The van der Waals surface area contributed by atoms with Gasteiger partial charge < -0.3 is 15.0 Å². The fourth-order valence-corrected chi connectivity index (χ4v) is 3.16. The van der Waals surface area contributed by atoms with Gasteiger partial charge in [-0.05, 0) is 26.2 Å². The van der Waals surface area contributed by atoms with Crippen molar-refractivity contribution in [1.29, 1.82) is 0 Å². The van der Waals surface area contributed by atoms with Crippen molar-refractivity contribution in [3.8, 4) is 0 Å². The van der Waals surface area contributed by atoms with Crippen molar-refractivity contribution in [2.75, 3.05) is 27.2 Å². The Balaban J connectivity index is 0.00000576. The van der Waals surface area contributed by atoms with Crippen LogP contribution < -0.4 is 5.32 Å². The SMILES string of the molecule is CCNC(=NCCCCC(C)C)N(C)Cc1csc(C(C)OC)n1.I. The molecular weight excluding hydrogens is 447 g/mol. The van der Waals surface area contributed by atoms with Gasteiger partial charge in [-0.15, -0.1) is 35.3 Å². The van der Waals surface area contributed by atoms with Crippen LogP contribution in [0, 0.1) is 5.92 Å². The van der Waals surface area contributed by atoms with Crippen LogP contribution in [0.4, 0.5) is 0 Å². The van der Waals surface area contributed by atoms with Gasteiger partial charge >= 0.3 is 0 Å². The minimum absolute atomic E-state index is 0. The van der Waals surface area contributed by atoms with E-state index in [1.54, 1.807) is 18.4 Å². The zero-order valence-electron chi connectivity index (χ0n) is 16.5. The molecule has 146 valence electrons. The van der Waals surface area contributed by atoms with E-state index in [1.165, 1.54) is 12.8 Å². The van der Waals surface area contributed by atoms with Gasteiger partial charge in [-0.2, -0.15) is 0 Å². The summed E-state index contributed by atoms with van der Waals surface area (Å²) in [6, 6.07) is 0. The first-order chi connectivity index (χ1) is 11.5. The molecular formula is C18H35IN4OS. The predicted octanol–water partition coefficient (Wildman–Crippen LogP) is 4.69. The number of rotatable bonds is 10. The molecule has 0 bridgehead atoms. The molecule has 1 rings (SSSR count). The number of ether oxygens (including phenoxy) is 1. The zero-order chi connectivity index (χ0) is 17.9. The topological polar surface area (TPSA) is 49.8 Å². The van der Waals surface area contributed by atoms with Gasteiger partial charge in [0, 0.05) is 32.6 Å². The molecule has 0 saturated heterocycles. The number of hydrogen-bond donors (Lipinski definition) is 1. The summed E-state index contributed by atoms with van der Waals surface area (Å²) in [5.74, 6) is 1.73. The van der Waals surface area contributed by atoms with Crippen LogP contribution in [0.15, 0.2) is 10.4 Å². The summed E-state index contributed by atoms with van der Waals surface area (Å²) in [6.45, 7) is 11.2. The number of methoxy groups -OCH3 is 1. The number of thiazole rings is 1. The molecule has 1 unspecified atom stereocenters. The normalized spacial score (nSPS) is 12.8. The highest BCUT2D eigenvalue weighted by Crippen LogP contribution is 2.20. The van der Waals surface area contributed by atoms with Gasteiger partial charge in [0.2, 0.25) is 0 Å². The van der Waals surface area contributed by atoms with Crippen molar-refractivity contribution < 1.29 is 4.74 Å². The average molecular weight is 482 g/mol. The quantitative estimate of drug-likeness (QED) is 0.228. The zero-order valence-corrected chi connectivity index (χ0v) is 19.7. The highest BCUT2D eigenvalue weighted by molar-refractivity contribution is 14.0. The van der Waals surface area contributed by atoms with Crippen LogP contribution in [0.2, 0.25) is 0 Å². The number of aromatic nitrogens is 1. The molecule has 0 radical (unpaired) electrons. The second-order valence-electron chi connectivity index (χ2n) is 6.54. The number of hydrogen-bond acceptors (Lipinski definition) is 4. The van der Waals surface area contributed by atoms with E-state index in [1.807, 2.05) is 6.92 Å². The summed E-state index contributed by atoms with van der Waals surface area (Å²) in [5, 5.41) is 6.50. The lowest BCUT2D eigenvalue weighted by Crippen LogP contribution is -2.38. The highest BCUT2D eigenvalue weighted by Gasteiger charge is 2.12. The van der Waals surface area contributed by atoms with Gasteiger partial charge in [-0.1, -0.05) is 26.7 Å². The Labute approximate surface area is 174 Å². The van der Waals surface area contributed by atoms with E-state index in [4.69, 9.17) is 9.73 Å². The minimum Gasteiger partial charge on any atom is -0.375 e. The van der Waals surface area contributed by atoms with Crippen molar-refractivity contribution in [2.24, 2.45) is 10.9 Å². The molecule has 0 aliphatic heterocycles. The number of unbranched alkanes of at least 4 members (excludes halogenated alkanes) is 1. The summed E-state index contributed by atoms with van der Waals surface area (Å²) in [4.78, 5) is 11.5. The Kier molecular flexibility index (Phi) is 13.5. The monoisotopic (exact) mass is 482 g/mol. The number of halogens is 1. The molecule has 1 N–H and O–H groups in total. The van der Waals surface area contributed by atoms with Crippen molar-refractivity contribution in [3.05, 3.63) is 16.1 Å². The van der Waals surface area contributed by atoms with Gasteiger partial charge in [0.25, 0.3) is 0 Å². The third-order valence-corrected chi connectivity index (χ3v) is 4.87. The van der Waals surface area contributed by atoms with E-state index in [9.17, 15) is 0 Å². The van der Waals surface area contributed by atoms with E-state index in [2.05, 4.69) is 48.4 Å². The molecule has 0 amide bonds. The molecule has 0 fully saturated rings. The Morgan fingerprint density at radius 2 is 2.08 bits per heavy atom. The molecule has 1 heterocycles. The Morgan fingerprint density at radius 1 is 1.36 bits per heavy atom. The van der Waals surface area contributed by atoms with E-state index in [0.717, 1.165) is 48.6 Å². The van der Waals surface area contributed by atoms with Crippen LogP contribution in [0.3, 0.4) is 0 Å². The van der Waals surface area contributed by atoms with Crippen molar-refractivity contribution in [2.45, 2.75) is 59.6 Å². The number of nitrogens with zero attached hydrogens (tertiary/aromatic N) is 3. The molecule has 1 aromatic rings. The van der Waals surface area contributed by atoms with E-state index < -0.39 is 0 Å². The first-order valence-electron chi connectivity index (χ1n) is 8.94. The second-order valence-corrected chi connectivity index (χ2v) is 7.43. The van der Waals surface area contributed by atoms with E-state index in [-0.39, 0.29) is 30.1 Å². The maximum atomic E-state index is 5.33. The maximum absolute atomic E-state index is 5.33. The molecule has 1 aromatic heterocycles. The molecule has 0 aliphatic carbocycles. The summed E-state index contributed by atoms with van der Waals surface area (Å²) >= 11 is 1.65. The van der Waals surface area contributed by atoms with Gasteiger partial charge in [0.1, 0.15) is 11.1 Å². The van der Waals surface area contributed by atoms with Crippen molar-refractivity contribution in [3.63, 3.8) is 0 Å². The van der Waals surface area contributed by atoms with Crippen LogP contribution in [0.5, 0.6) is 0 Å². The third-order valence-electron chi connectivity index (χ3n) is 3.82. The van der Waals surface area contributed by atoms with Crippen molar-refractivity contribution >= 4 is 41.3 Å². The van der Waals surface area contributed by atoms with Crippen LogP contribution in [-0.4, -0.2) is 43.1 Å². The number of nitrogens with one attached hydrogen (secondary N) is 1. The summed E-state index contributed by atoms with van der Waals surface area (Å²) in [6.07, 6.45) is 3.72. The van der Waals surface area contributed by atoms with Crippen LogP contribution in [-0.2, 0) is 11.3 Å². The van der Waals surface area contributed by atoms with Gasteiger partial charge in [0.15, 0.2) is 5.96 Å². The van der Waals surface area contributed by atoms with E-state index in [0.29, 0.717) is 0 Å². The van der Waals surface area contributed by atoms with Crippen LogP contribution in [0.25, 0.3) is 0 Å². The van der Waals surface area contributed by atoms with Gasteiger partial charge in [-0.25, -0.2) is 4.98 Å². The number of guanidine groups is 1. The van der Waals surface area contributed by atoms with Crippen LogP contribution >= 0.6 is 35.3 Å². The summed E-state index contributed by atoms with van der Waals surface area (Å²) in [5.41, 5.74) is 1.06. The molecule has 0 saturated carbocycles. The van der Waals surface area contributed by atoms with Crippen molar-refractivity contribution in [1.82, 2.24) is 15.2 Å². The number of aliphatic imine (C=N–C) groups is 1. The highest BCUT2D eigenvalue weighted by atomic mass is 127. The second kappa shape index (κ2) is 13.7. The minimum atomic E-state index is 0. The Hall–Kier alpha value is -0.410. The molecule has 7 heteroatoms. The third kappa shape index (κ3) is 9.75. The average Bonchev–Trinajstić information content (AvgIpc) is 3.00. The molecule has 5 nitrogen and oxygen atoms in total. The largest absolute Gasteiger partial charge is 0.375 e. The van der Waals surface area contributed by atoms with Gasteiger partial charge in [0.05, 0.1) is 12.2 Å². The predicted molar refractivity (Wildman–Crippen MR) is 119 cm³/mol.